The van der Waals surface area contributed by atoms with Crippen molar-refractivity contribution in [2.75, 3.05) is 24.5 Å². The van der Waals surface area contributed by atoms with Crippen LogP contribution in [-0.4, -0.2) is 30.8 Å². The lowest BCUT2D eigenvalue weighted by atomic mass is 10.2. The number of rotatable bonds is 7. The monoisotopic (exact) mass is 236 g/mol. The fourth-order valence-electron chi connectivity index (χ4n) is 1.84. The third-order valence-corrected chi connectivity index (χ3v) is 2.83. The van der Waals surface area contributed by atoms with Gasteiger partial charge in [-0.3, -0.25) is 0 Å². The zero-order valence-electron chi connectivity index (χ0n) is 11.1. The summed E-state index contributed by atoms with van der Waals surface area (Å²) in [5.41, 5.74) is 2.52. The van der Waals surface area contributed by atoms with E-state index in [2.05, 4.69) is 48.3 Å². The molecule has 0 amide bonds. The van der Waals surface area contributed by atoms with Crippen molar-refractivity contribution < 1.29 is 5.11 Å². The second kappa shape index (κ2) is 7.30. The van der Waals surface area contributed by atoms with Crippen molar-refractivity contribution in [3.05, 3.63) is 29.8 Å². The summed E-state index contributed by atoms with van der Waals surface area (Å²) in [6, 6.07) is 8.60. The smallest absolute Gasteiger partial charge is 0.0636 e. The van der Waals surface area contributed by atoms with Crippen LogP contribution in [0.25, 0.3) is 0 Å². The maximum Gasteiger partial charge on any atom is 0.0636 e. The van der Waals surface area contributed by atoms with Crippen LogP contribution in [0.5, 0.6) is 0 Å². The van der Waals surface area contributed by atoms with Crippen molar-refractivity contribution in [3.8, 4) is 0 Å². The first-order valence-corrected chi connectivity index (χ1v) is 6.40. The molecule has 2 N–H and O–H groups in total. The summed E-state index contributed by atoms with van der Waals surface area (Å²) >= 11 is 0. The summed E-state index contributed by atoms with van der Waals surface area (Å²) < 4.78 is 0. The van der Waals surface area contributed by atoms with Crippen molar-refractivity contribution in [2.45, 2.75) is 33.4 Å². The van der Waals surface area contributed by atoms with Gasteiger partial charge >= 0.3 is 0 Å². The summed E-state index contributed by atoms with van der Waals surface area (Å²) in [5.74, 6) is 0. The molecule has 96 valence electrons. The van der Waals surface area contributed by atoms with Crippen LogP contribution >= 0.6 is 0 Å². The topological polar surface area (TPSA) is 35.5 Å². The molecule has 0 bridgehead atoms. The molecule has 0 spiro atoms. The molecule has 0 saturated carbocycles. The Hall–Kier alpha value is -1.06. The molecule has 0 aliphatic heterocycles. The molecular weight excluding hydrogens is 212 g/mol. The number of nitrogens with zero attached hydrogens (tertiary/aromatic N) is 1. The average molecular weight is 236 g/mol. The number of nitrogens with one attached hydrogen (secondary N) is 1. The number of hydrogen-bond acceptors (Lipinski definition) is 3. The predicted molar refractivity (Wildman–Crippen MR) is 73.4 cm³/mol. The lowest BCUT2D eigenvalue weighted by Crippen LogP contribution is -2.24. The van der Waals surface area contributed by atoms with E-state index in [9.17, 15) is 0 Å². The SMILES string of the molecule is CCN(CC)c1ccc(CNC[C@H](C)O)cc1. The van der Waals surface area contributed by atoms with Gasteiger partial charge in [-0.05, 0) is 38.5 Å². The van der Waals surface area contributed by atoms with Crippen molar-refractivity contribution in [1.29, 1.82) is 0 Å². The third kappa shape index (κ3) is 4.75. The first-order chi connectivity index (χ1) is 8.17. The Morgan fingerprint density at radius 2 is 1.76 bits per heavy atom. The highest BCUT2D eigenvalue weighted by molar-refractivity contribution is 5.47. The van der Waals surface area contributed by atoms with Gasteiger partial charge in [0.1, 0.15) is 0 Å². The van der Waals surface area contributed by atoms with Gasteiger partial charge in [0, 0.05) is 31.9 Å². The van der Waals surface area contributed by atoms with E-state index in [1.807, 2.05) is 0 Å². The van der Waals surface area contributed by atoms with Gasteiger partial charge in [-0.15, -0.1) is 0 Å². The van der Waals surface area contributed by atoms with E-state index in [4.69, 9.17) is 5.11 Å². The van der Waals surface area contributed by atoms with Gasteiger partial charge in [0.15, 0.2) is 0 Å². The molecule has 0 aromatic heterocycles. The lowest BCUT2D eigenvalue weighted by Gasteiger charge is -2.21. The first-order valence-electron chi connectivity index (χ1n) is 6.40. The minimum Gasteiger partial charge on any atom is -0.392 e. The molecule has 1 atom stereocenters. The number of anilines is 1. The minimum atomic E-state index is -0.287. The number of benzene rings is 1. The normalized spacial score (nSPS) is 12.5. The fourth-order valence-corrected chi connectivity index (χ4v) is 1.84. The second-order valence-corrected chi connectivity index (χ2v) is 4.32. The summed E-state index contributed by atoms with van der Waals surface area (Å²) in [7, 11) is 0. The zero-order valence-corrected chi connectivity index (χ0v) is 11.1. The van der Waals surface area contributed by atoms with E-state index in [0.29, 0.717) is 6.54 Å². The van der Waals surface area contributed by atoms with Crippen LogP contribution in [0, 0.1) is 0 Å². The predicted octanol–water partition coefficient (Wildman–Crippen LogP) is 2.00. The minimum absolute atomic E-state index is 0.287. The number of aliphatic hydroxyl groups is 1. The lowest BCUT2D eigenvalue weighted by molar-refractivity contribution is 0.191. The van der Waals surface area contributed by atoms with E-state index in [1.165, 1.54) is 11.3 Å². The first kappa shape index (κ1) is 14.0. The van der Waals surface area contributed by atoms with Gasteiger partial charge in [0.2, 0.25) is 0 Å². The molecule has 17 heavy (non-hydrogen) atoms. The maximum atomic E-state index is 9.14. The molecule has 0 aliphatic rings. The van der Waals surface area contributed by atoms with Crippen LogP contribution in [0.1, 0.15) is 26.3 Å². The fraction of sp³-hybridized carbons (Fsp3) is 0.571. The summed E-state index contributed by atoms with van der Waals surface area (Å²) in [4.78, 5) is 2.33. The van der Waals surface area contributed by atoms with Crippen molar-refractivity contribution in [2.24, 2.45) is 0 Å². The molecule has 0 fully saturated rings. The van der Waals surface area contributed by atoms with E-state index in [0.717, 1.165) is 19.6 Å². The molecule has 0 unspecified atom stereocenters. The van der Waals surface area contributed by atoms with Gasteiger partial charge in [-0.2, -0.15) is 0 Å². The molecule has 0 heterocycles. The summed E-state index contributed by atoms with van der Waals surface area (Å²) in [6.07, 6.45) is -0.287. The largest absolute Gasteiger partial charge is 0.392 e. The van der Waals surface area contributed by atoms with E-state index in [-0.39, 0.29) is 6.10 Å². The molecule has 1 rings (SSSR count). The Bertz CT molecular complexity index is 305. The number of aliphatic hydroxyl groups excluding tert-OH is 1. The van der Waals surface area contributed by atoms with Crippen LogP contribution in [-0.2, 0) is 6.54 Å². The van der Waals surface area contributed by atoms with Crippen LogP contribution in [0.3, 0.4) is 0 Å². The summed E-state index contributed by atoms with van der Waals surface area (Å²) in [6.45, 7) is 9.65. The van der Waals surface area contributed by atoms with Crippen LogP contribution in [0.4, 0.5) is 5.69 Å². The van der Waals surface area contributed by atoms with Gasteiger partial charge in [-0.1, -0.05) is 12.1 Å². The van der Waals surface area contributed by atoms with Crippen molar-refractivity contribution >= 4 is 5.69 Å². The van der Waals surface area contributed by atoms with Crippen molar-refractivity contribution in [1.82, 2.24) is 5.32 Å². The molecule has 1 aromatic carbocycles. The molecule has 0 aliphatic carbocycles. The van der Waals surface area contributed by atoms with E-state index < -0.39 is 0 Å². The van der Waals surface area contributed by atoms with Gasteiger partial charge in [0.25, 0.3) is 0 Å². The highest BCUT2D eigenvalue weighted by atomic mass is 16.3. The second-order valence-electron chi connectivity index (χ2n) is 4.32. The highest BCUT2D eigenvalue weighted by Gasteiger charge is 2.01. The molecule has 0 radical (unpaired) electrons. The third-order valence-electron chi connectivity index (χ3n) is 2.83. The molecule has 3 nitrogen and oxygen atoms in total. The van der Waals surface area contributed by atoms with Crippen molar-refractivity contribution in [3.63, 3.8) is 0 Å². The average Bonchev–Trinajstić information content (AvgIpc) is 2.32. The van der Waals surface area contributed by atoms with Crippen LogP contribution in [0.15, 0.2) is 24.3 Å². The van der Waals surface area contributed by atoms with E-state index >= 15 is 0 Å². The maximum absolute atomic E-state index is 9.14. The van der Waals surface area contributed by atoms with E-state index in [1.54, 1.807) is 6.92 Å². The quantitative estimate of drug-likeness (QED) is 0.760. The molecule has 1 aromatic rings. The Morgan fingerprint density at radius 1 is 1.18 bits per heavy atom. The standard InChI is InChI=1S/C14H24N2O/c1-4-16(5-2)14-8-6-13(7-9-14)11-15-10-12(3)17/h6-9,12,15,17H,4-5,10-11H2,1-3H3/t12-/m0/s1. The Balaban J connectivity index is 2.49. The Morgan fingerprint density at radius 3 is 2.24 bits per heavy atom. The molecule has 0 saturated heterocycles. The van der Waals surface area contributed by atoms with Crippen LogP contribution in [0.2, 0.25) is 0 Å². The van der Waals surface area contributed by atoms with Crippen LogP contribution < -0.4 is 10.2 Å². The Labute approximate surface area is 104 Å². The van der Waals surface area contributed by atoms with Gasteiger partial charge < -0.3 is 15.3 Å². The summed E-state index contributed by atoms with van der Waals surface area (Å²) in [5, 5.41) is 12.4. The number of hydrogen-bond donors (Lipinski definition) is 2. The molecule has 3 heteroatoms. The van der Waals surface area contributed by atoms with Gasteiger partial charge in [-0.25, -0.2) is 0 Å². The van der Waals surface area contributed by atoms with Gasteiger partial charge in [0.05, 0.1) is 6.10 Å². The molecular formula is C14H24N2O. The highest BCUT2D eigenvalue weighted by Crippen LogP contribution is 2.14. The Kier molecular flexibility index (Phi) is 6.01. The zero-order chi connectivity index (χ0) is 12.7.